The fourth-order valence-electron chi connectivity index (χ4n) is 1.39. The van der Waals surface area contributed by atoms with Crippen LogP contribution in [-0.2, 0) is 10.0 Å². The largest absolute Gasteiger partial charge is 0.477 e. The Hall–Kier alpha value is -0.480. The summed E-state index contributed by atoms with van der Waals surface area (Å²) < 4.78 is 27.0. The van der Waals surface area contributed by atoms with Gasteiger partial charge in [-0.25, -0.2) is 17.9 Å². The van der Waals surface area contributed by atoms with Crippen molar-refractivity contribution in [1.29, 1.82) is 0 Å². The molecule has 0 atom stereocenters. The zero-order chi connectivity index (χ0) is 14.8. The van der Waals surface area contributed by atoms with Crippen LogP contribution in [-0.4, -0.2) is 36.7 Å². The first-order valence-corrected chi connectivity index (χ1v) is 8.36. The first-order chi connectivity index (χ1) is 8.59. The number of hydrogen-bond acceptors (Lipinski definition) is 5. The highest BCUT2D eigenvalue weighted by molar-refractivity contribution is 9.11. The van der Waals surface area contributed by atoms with E-state index in [-0.39, 0.29) is 26.6 Å². The normalized spacial score (nSPS) is 12.6. The average molecular weight is 372 g/mol. The maximum Gasteiger partial charge on any atom is 0.345 e. The highest BCUT2D eigenvalue weighted by Gasteiger charge is 2.29. The zero-order valence-corrected chi connectivity index (χ0v) is 13.5. The van der Waals surface area contributed by atoms with E-state index in [1.165, 1.54) is 0 Å². The van der Waals surface area contributed by atoms with E-state index in [0.717, 1.165) is 17.4 Å². The number of carboxylic acids is 1. The monoisotopic (exact) mass is 371 g/mol. The molecule has 0 unspecified atom stereocenters. The first-order valence-electron chi connectivity index (χ1n) is 5.26. The van der Waals surface area contributed by atoms with Gasteiger partial charge in [-0.2, -0.15) is 0 Å². The standard InChI is InChI=1S/C10H14BrNO5S2/c1-10(2,3-4-13)12-19(16,17)7-5-6(9(14)15)18-8(7)11/h5,12-13H,3-4H2,1-2H3,(H,14,15). The van der Waals surface area contributed by atoms with E-state index < -0.39 is 21.5 Å². The van der Waals surface area contributed by atoms with Crippen LogP contribution in [0.2, 0.25) is 0 Å². The Morgan fingerprint density at radius 2 is 2.11 bits per heavy atom. The molecular weight excluding hydrogens is 358 g/mol. The summed E-state index contributed by atoms with van der Waals surface area (Å²) in [6, 6.07) is 1.11. The van der Waals surface area contributed by atoms with Crippen LogP contribution in [0.15, 0.2) is 14.7 Å². The number of sulfonamides is 1. The third-order valence-corrected chi connectivity index (χ3v) is 6.24. The van der Waals surface area contributed by atoms with E-state index in [0.29, 0.717) is 0 Å². The second-order valence-corrected chi connectivity index (χ2v) is 8.54. The maximum absolute atomic E-state index is 12.2. The maximum atomic E-state index is 12.2. The van der Waals surface area contributed by atoms with Crippen molar-refractivity contribution in [2.45, 2.75) is 30.7 Å². The van der Waals surface area contributed by atoms with Gasteiger partial charge in [-0.1, -0.05) is 0 Å². The van der Waals surface area contributed by atoms with Crippen molar-refractivity contribution >= 4 is 43.3 Å². The molecule has 1 aromatic rings. The Morgan fingerprint density at radius 3 is 2.53 bits per heavy atom. The van der Waals surface area contributed by atoms with Crippen LogP contribution in [0.3, 0.4) is 0 Å². The molecule has 0 radical (unpaired) electrons. The van der Waals surface area contributed by atoms with Crippen LogP contribution in [0.4, 0.5) is 0 Å². The molecule has 9 heteroatoms. The van der Waals surface area contributed by atoms with Crippen molar-refractivity contribution in [3.63, 3.8) is 0 Å². The van der Waals surface area contributed by atoms with E-state index in [1.807, 2.05) is 0 Å². The second-order valence-electron chi connectivity index (χ2n) is 4.52. The number of aliphatic hydroxyl groups is 1. The van der Waals surface area contributed by atoms with E-state index in [2.05, 4.69) is 20.7 Å². The van der Waals surface area contributed by atoms with Crippen LogP contribution in [0, 0.1) is 0 Å². The van der Waals surface area contributed by atoms with Crippen LogP contribution in [0.1, 0.15) is 29.9 Å². The van der Waals surface area contributed by atoms with Gasteiger partial charge in [0.15, 0.2) is 0 Å². The Balaban J connectivity index is 3.11. The summed E-state index contributed by atoms with van der Waals surface area (Å²) in [5.74, 6) is -1.18. The molecule has 1 heterocycles. The predicted octanol–water partition coefficient (Wildman–Crippen LogP) is 1.65. The van der Waals surface area contributed by atoms with Gasteiger partial charge in [-0.15, -0.1) is 11.3 Å². The average Bonchev–Trinajstić information content (AvgIpc) is 2.59. The molecule has 19 heavy (non-hydrogen) atoms. The Kier molecular flexibility index (Phi) is 5.13. The Morgan fingerprint density at radius 1 is 1.53 bits per heavy atom. The molecule has 1 rings (SSSR count). The van der Waals surface area contributed by atoms with Crippen molar-refractivity contribution in [2.24, 2.45) is 0 Å². The molecule has 1 aromatic heterocycles. The molecule has 3 N–H and O–H groups in total. The molecule has 108 valence electrons. The third kappa shape index (κ3) is 4.25. The molecular formula is C10H14BrNO5S2. The summed E-state index contributed by atoms with van der Waals surface area (Å²) in [6.07, 6.45) is 0.250. The van der Waals surface area contributed by atoms with Gasteiger partial charge in [0.2, 0.25) is 10.0 Å². The predicted molar refractivity (Wildman–Crippen MR) is 75.1 cm³/mol. The fourth-order valence-corrected chi connectivity index (χ4v) is 5.24. The number of aromatic carboxylic acids is 1. The van der Waals surface area contributed by atoms with Gasteiger partial charge in [0.1, 0.15) is 9.77 Å². The number of hydrogen-bond donors (Lipinski definition) is 3. The fraction of sp³-hybridized carbons (Fsp3) is 0.500. The molecule has 0 aliphatic rings. The molecule has 0 spiro atoms. The van der Waals surface area contributed by atoms with Gasteiger partial charge < -0.3 is 10.2 Å². The number of nitrogens with one attached hydrogen (secondary N) is 1. The summed E-state index contributed by atoms with van der Waals surface area (Å²) in [7, 11) is -3.84. The lowest BCUT2D eigenvalue weighted by molar-refractivity contribution is 0.0702. The minimum Gasteiger partial charge on any atom is -0.477 e. The minimum atomic E-state index is -3.84. The summed E-state index contributed by atoms with van der Waals surface area (Å²) in [5.41, 5.74) is -0.821. The number of rotatable bonds is 6. The molecule has 0 amide bonds. The van der Waals surface area contributed by atoms with Crippen LogP contribution >= 0.6 is 27.3 Å². The van der Waals surface area contributed by atoms with E-state index in [9.17, 15) is 13.2 Å². The van der Waals surface area contributed by atoms with E-state index >= 15 is 0 Å². The van der Waals surface area contributed by atoms with Crippen LogP contribution < -0.4 is 4.72 Å². The second kappa shape index (κ2) is 5.88. The molecule has 0 saturated heterocycles. The lowest BCUT2D eigenvalue weighted by Gasteiger charge is -2.24. The van der Waals surface area contributed by atoms with Crippen LogP contribution in [0.5, 0.6) is 0 Å². The van der Waals surface area contributed by atoms with Gasteiger partial charge in [0.05, 0.1) is 3.79 Å². The number of halogens is 1. The van der Waals surface area contributed by atoms with Crippen molar-refractivity contribution in [1.82, 2.24) is 4.72 Å². The van der Waals surface area contributed by atoms with Gasteiger partial charge in [-0.3, -0.25) is 0 Å². The smallest absolute Gasteiger partial charge is 0.345 e. The molecule has 0 aromatic carbocycles. The van der Waals surface area contributed by atoms with Crippen LogP contribution in [0.25, 0.3) is 0 Å². The lowest BCUT2D eigenvalue weighted by atomic mass is 10.0. The number of thiophene rings is 1. The molecule has 6 nitrogen and oxygen atoms in total. The minimum absolute atomic E-state index is 0.0628. The first kappa shape index (κ1) is 16.6. The molecule has 0 aliphatic carbocycles. The highest BCUT2D eigenvalue weighted by atomic mass is 79.9. The SMILES string of the molecule is CC(C)(CCO)NS(=O)(=O)c1cc(C(=O)O)sc1Br. The molecule has 0 fully saturated rings. The molecule has 0 bridgehead atoms. The summed E-state index contributed by atoms with van der Waals surface area (Å²) in [5, 5.41) is 17.7. The summed E-state index contributed by atoms with van der Waals surface area (Å²) in [6.45, 7) is 3.12. The zero-order valence-electron chi connectivity index (χ0n) is 10.3. The van der Waals surface area contributed by atoms with Gasteiger partial charge in [0, 0.05) is 12.1 Å². The quantitative estimate of drug-likeness (QED) is 0.705. The highest BCUT2D eigenvalue weighted by Crippen LogP contribution is 2.32. The van der Waals surface area contributed by atoms with E-state index in [4.69, 9.17) is 10.2 Å². The Bertz CT molecular complexity index is 579. The van der Waals surface area contributed by atoms with E-state index in [1.54, 1.807) is 13.8 Å². The van der Waals surface area contributed by atoms with Crippen molar-refractivity contribution in [3.05, 3.63) is 14.7 Å². The summed E-state index contributed by atoms with van der Waals surface area (Å²) in [4.78, 5) is 10.6. The number of carbonyl (C=O) groups is 1. The molecule has 0 aliphatic heterocycles. The molecule has 0 saturated carbocycles. The van der Waals surface area contributed by atoms with Gasteiger partial charge in [-0.05, 0) is 42.3 Å². The van der Waals surface area contributed by atoms with Crippen molar-refractivity contribution < 1.29 is 23.4 Å². The van der Waals surface area contributed by atoms with Gasteiger partial charge >= 0.3 is 5.97 Å². The lowest BCUT2D eigenvalue weighted by Crippen LogP contribution is -2.43. The summed E-state index contributed by atoms with van der Waals surface area (Å²) >= 11 is 3.89. The third-order valence-electron chi connectivity index (χ3n) is 2.30. The number of aliphatic hydroxyl groups excluding tert-OH is 1. The topological polar surface area (TPSA) is 104 Å². The van der Waals surface area contributed by atoms with Crippen molar-refractivity contribution in [2.75, 3.05) is 6.61 Å². The van der Waals surface area contributed by atoms with Crippen molar-refractivity contribution in [3.8, 4) is 0 Å². The van der Waals surface area contributed by atoms with Gasteiger partial charge in [0.25, 0.3) is 0 Å². The Labute approximate surface area is 123 Å². The number of carboxylic acid groups (broad SMARTS) is 1.